The largest absolute Gasteiger partial charge is 0.427 e. The minimum Gasteiger partial charge on any atom is -0.427 e. The molecule has 0 saturated heterocycles. The summed E-state index contributed by atoms with van der Waals surface area (Å²) in [4.78, 5) is 35.2. The van der Waals surface area contributed by atoms with E-state index >= 15 is 0 Å². The van der Waals surface area contributed by atoms with Gasteiger partial charge >= 0.3 is 5.97 Å². The smallest absolute Gasteiger partial charge is 0.308 e. The van der Waals surface area contributed by atoms with Crippen LogP contribution in [0.1, 0.15) is 44.5 Å². The first-order valence-corrected chi connectivity index (χ1v) is 11.7. The van der Waals surface area contributed by atoms with Crippen molar-refractivity contribution < 1.29 is 19.1 Å². The maximum absolute atomic E-state index is 12.4. The third kappa shape index (κ3) is 6.91. The number of hydrogen-bond acceptors (Lipinski definition) is 4. The summed E-state index contributed by atoms with van der Waals surface area (Å²) in [5, 5.41) is 2.70. The number of hydrogen-bond donors (Lipinski definition) is 2. The Morgan fingerprint density at radius 1 is 1.26 bits per heavy atom. The van der Waals surface area contributed by atoms with Gasteiger partial charge in [-0.2, -0.15) is 0 Å². The Kier molecular flexibility index (Phi) is 7.37. The third-order valence-corrected chi connectivity index (χ3v) is 9.14. The molecule has 0 spiro atoms. The number of benzene rings is 1. The lowest BCUT2D eigenvalue weighted by Gasteiger charge is -2.31. The SMILES string of the molecule is CC(=O)Oc1cccc(C(=O)N[C@H](CC#C[Si](C)(C)C(C)(C)C)C(N)=O)c1. The van der Waals surface area contributed by atoms with Crippen molar-refractivity contribution in [2.45, 2.75) is 58.3 Å². The number of carbonyl (C=O) groups excluding carboxylic acids is 3. The highest BCUT2D eigenvalue weighted by molar-refractivity contribution is 6.87. The second kappa shape index (κ2) is 8.87. The number of nitrogens with one attached hydrogen (secondary N) is 1. The van der Waals surface area contributed by atoms with E-state index in [-0.39, 0.29) is 22.8 Å². The van der Waals surface area contributed by atoms with E-state index in [1.807, 2.05) is 0 Å². The van der Waals surface area contributed by atoms with E-state index in [4.69, 9.17) is 10.5 Å². The highest BCUT2D eigenvalue weighted by atomic mass is 28.3. The van der Waals surface area contributed by atoms with E-state index < -0.39 is 31.9 Å². The first kappa shape index (κ1) is 22.4. The van der Waals surface area contributed by atoms with Gasteiger partial charge in [0.1, 0.15) is 19.9 Å². The third-order valence-electron chi connectivity index (χ3n) is 4.59. The molecule has 3 N–H and O–H groups in total. The zero-order valence-corrected chi connectivity index (χ0v) is 17.8. The molecule has 0 bridgehead atoms. The van der Waals surface area contributed by atoms with Gasteiger partial charge in [-0.05, 0) is 23.2 Å². The van der Waals surface area contributed by atoms with Gasteiger partial charge in [0.05, 0.1) is 0 Å². The number of esters is 1. The van der Waals surface area contributed by atoms with Crippen molar-refractivity contribution in [3.8, 4) is 17.2 Å². The van der Waals surface area contributed by atoms with Crippen molar-refractivity contribution in [3.63, 3.8) is 0 Å². The van der Waals surface area contributed by atoms with Crippen LogP contribution >= 0.6 is 0 Å². The Labute approximate surface area is 161 Å². The zero-order chi connectivity index (χ0) is 20.8. The molecule has 0 aromatic heterocycles. The molecule has 0 aliphatic rings. The highest BCUT2D eigenvalue weighted by Gasteiger charge is 2.33. The van der Waals surface area contributed by atoms with E-state index in [9.17, 15) is 14.4 Å². The zero-order valence-electron chi connectivity index (χ0n) is 16.8. The number of amides is 2. The second-order valence-corrected chi connectivity index (χ2v) is 12.9. The Morgan fingerprint density at radius 3 is 2.41 bits per heavy atom. The Bertz CT molecular complexity index is 785. The molecular formula is C20H28N2O4Si. The van der Waals surface area contributed by atoms with Crippen LogP contribution in [-0.4, -0.2) is 31.9 Å². The molecule has 0 fully saturated rings. The van der Waals surface area contributed by atoms with Crippen molar-refractivity contribution >= 4 is 25.9 Å². The number of carbonyl (C=O) groups is 3. The molecule has 1 atom stereocenters. The molecule has 7 heteroatoms. The fraction of sp³-hybridized carbons (Fsp3) is 0.450. The van der Waals surface area contributed by atoms with Gasteiger partial charge in [-0.15, -0.1) is 11.5 Å². The van der Waals surface area contributed by atoms with Gasteiger partial charge < -0.3 is 15.8 Å². The normalized spacial score (nSPS) is 12.4. The van der Waals surface area contributed by atoms with Crippen molar-refractivity contribution in [2.75, 3.05) is 0 Å². The summed E-state index contributed by atoms with van der Waals surface area (Å²) in [6, 6.07) is 5.24. The van der Waals surface area contributed by atoms with Crippen LogP contribution in [0.4, 0.5) is 0 Å². The lowest BCUT2D eigenvalue weighted by Crippen LogP contribution is -2.44. The quantitative estimate of drug-likeness (QED) is 0.351. The van der Waals surface area contributed by atoms with Crippen molar-refractivity contribution in [2.24, 2.45) is 5.73 Å². The summed E-state index contributed by atoms with van der Waals surface area (Å²) in [7, 11) is -1.81. The molecule has 146 valence electrons. The average molecular weight is 389 g/mol. The molecule has 0 aliphatic carbocycles. The van der Waals surface area contributed by atoms with Crippen molar-refractivity contribution in [3.05, 3.63) is 29.8 Å². The Hall–Kier alpha value is -2.59. The van der Waals surface area contributed by atoms with E-state index in [2.05, 4.69) is 50.6 Å². The number of rotatable bonds is 5. The predicted octanol–water partition coefficient (Wildman–Crippen LogP) is 2.64. The van der Waals surface area contributed by atoms with Crippen LogP contribution in [0.2, 0.25) is 18.1 Å². The predicted molar refractivity (Wildman–Crippen MR) is 108 cm³/mol. The van der Waals surface area contributed by atoms with Crippen molar-refractivity contribution in [1.82, 2.24) is 5.32 Å². The standard InChI is InChI=1S/C20H28N2O4Si/c1-14(23)26-16-10-7-9-15(13-16)19(25)22-17(18(21)24)11-8-12-27(5,6)20(2,3)4/h7,9-10,13,17H,11H2,1-6H3,(H2,21,24)(H,22,25)/t17-/m1/s1. The summed E-state index contributed by atoms with van der Waals surface area (Å²) in [5.74, 6) is 1.67. The lowest BCUT2D eigenvalue weighted by molar-refractivity contribution is -0.131. The van der Waals surface area contributed by atoms with E-state index in [0.717, 1.165) is 0 Å². The van der Waals surface area contributed by atoms with Crippen LogP contribution in [0.5, 0.6) is 5.75 Å². The van der Waals surface area contributed by atoms with Crippen LogP contribution in [0.25, 0.3) is 0 Å². The molecule has 1 aromatic carbocycles. The number of primary amides is 1. The lowest BCUT2D eigenvalue weighted by atomic mass is 10.1. The van der Waals surface area contributed by atoms with E-state index in [1.54, 1.807) is 18.2 Å². The summed E-state index contributed by atoms with van der Waals surface area (Å²) in [5.41, 5.74) is 8.98. The molecule has 0 unspecified atom stereocenters. The number of nitrogens with two attached hydrogens (primary N) is 1. The highest BCUT2D eigenvalue weighted by Crippen LogP contribution is 2.35. The minimum atomic E-state index is -1.81. The average Bonchev–Trinajstić information content (AvgIpc) is 2.52. The van der Waals surface area contributed by atoms with Gasteiger partial charge in [-0.25, -0.2) is 0 Å². The van der Waals surface area contributed by atoms with Gasteiger partial charge in [-0.3, -0.25) is 14.4 Å². The molecule has 27 heavy (non-hydrogen) atoms. The van der Waals surface area contributed by atoms with Crippen LogP contribution in [0, 0.1) is 11.5 Å². The summed E-state index contributed by atoms with van der Waals surface area (Å²) < 4.78 is 4.96. The molecule has 0 radical (unpaired) electrons. The second-order valence-electron chi connectivity index (χ2n) is 7.93. The Morgan fingerprint density at radius 2 is 1.89 bits per heavy atom. The molecule has 6 nitrogen and oxygen atoms in total. The number of ether oxygens (including phenoxy) is 1. The molecule has 0 aliphatic heterocycles. The first-order chi connectivity index (χ1) is 12.3. The van der Waals surface area contributed by atoms with E-state index in [1.165, 1.54) is 13.0 Å². The van der Waals surface area contributed by atoms with Crippen LogP contribution in [0.15, 0.2) is 24.3 Å². The van der Waals surface area contributed by atoms with Gasteiger partial charge in [0.25, 0.3) is 5.91 Å². The topological polar surface area (TPSA) is 98.5 Å². The van der Waals surface area contributed by atoms with E-state index in [0.29, 0.717) is 0 Å². The fourth-order valence-corrected chi connectivity index (χ4v) is 2.81. The maximum atomic E-state index is 12.4. The Balaban J connectivity index is 2.88. The molecule has 0 heterocycles. The van der Waals surface area contributed by atoms with Gasteiger partial charge in [0.2, 0.25) is 5.91 Å². The molecule has 1 aromatic rings. The van der Waals surface area contributed by atoms with Crippen LogP contribution in [0.3, 0.4) is 0 Å². The maximum Gasteiger partial charge on any atom is 0.308 e. The van der Waals surface area contributed by atoms with Gasteiger partial charge in [0.15, 0.2) is 0 Å². The van der Waals surface area contributed by atoms with Gasteiger partial charge in [0, 0.05) is 18.9 Å². The summed E-state index contributed by atoms with van der Waals surface area (Å²) in [6.45, 7) is 12.1. The molecular weight excluding hydrogens is 360 g/mol. The van der Waals surface area contributed by atoms with Crippen molar-refractivity contribution in [1.29, 1.82) is 0 Å². The fourth-order valence-electron chi connectivity index (χ4n) is 1.89. The summed E-state index contributed by atoms with van der Waals surface area (Å²) >= 11 is 0. The molecule has 0 saturated carbocycles. The van der Waals surface area contributed by atoms with Crippen LogP contribution in [-0.2, 0) is 9.59 Å². The summed E-state index contributed by atoms with van der Waals surface area (Å²) in [6.07, 6.45) is 0.150. The van der Waals surface area contributed by atoms with Gasteiger partial charge in [-0.1, -0.05) is 39.9 Å². The molecule has 1 rings (SSSR count). The monoisotopic (exact) mass is 388 g/mol. The minimum absolute atomic E-state index is 0.0998. The molecule has 2 amide bonds. The van der Waals surface area contributed by atoms with Crippen LogP contribution < -0.4 is 15.8 Å². The first-order valence-electron chi connectivity index (χ1n) is 8.72.